The molecule has 5 nitrogen and oxygen atoms in total. The van der Waals surface area contributed by atoms with E-state index in [-0.39, 0.29) is 0 Å². The van der Waals surface area contributed by atoms with Crippen molar-refractivity contribution in [3.8, 4) is 16.9 Å². The van der Waals surface area contributed by atoms with Crippen LogP contribution in [0.25, 0.3) is 17.2 Å². The maximum Gasteiger partial charge on any atom is 0.320 e. The Balaban J connectivity index is 1.50. The predicted octanol–water partition coefficient (Wildman–Crippen LogP) is 7.57. The highest BCUT2D eigenvalue weighted by Crippen LogP contribution is 2.33. The SMILES string of the molecule is CNCC/C=C/c1cccc(-c2cccc(COc3cc(C)c(CN4CCCC[C@H]4C(=O)O)cc3Cl)c2C)c1C. The minimum atomic E-state index is -0.746. The minimum Gasteiger partial charge on any atom is -0.487 e. The average molecular weight is 561 g/mol. The van der Waals surface area contributed by atoms with Crippen LogP contribution >= 0.6 is 11.6 Å². The van der Waals surface area contributed by atoms with Gasteiger partial charge in [-0.3, -0.25) is 9.69 Å². The highest BCUT2D eigenvalue weighted by Gasteiger charge is 2.28. The molecule has 1 aliphatic rings. The number of benzene rings is 3. The van der Waals surface area contributed by atoms with E-state index in [1.165, 1.54) is 27.8 Å². The van der Waals surface area contributed by atoms with Crippen molar-refractivity contribution >= 4 is 23.6 Å². The van der Waals surface area contributed by atoms with Crippen molar-refractivity contribution in [3.63, 3.8) is 0 Å². The smallest absolute Gasteiger partial charge is 0.320 e. The average Bonchev–Trinajstić information content (AvgIpc) is 2.94. The summed E-state index contributed by atoms with van der Waals surface area (Å²) in [7, 11) is 1.97. The maximum absolute atomic E-state index is 11.7. The number of halogens is 1. The molecule has 212 valence electrons. The fourth-order valence-electron chi connectivity index (χ4n) is 5.51. The lowest BCUT2D eigenvalue weighted by atomic mass is 9.91. The summed E-state index contributed by atoms with van der Waals surface area (Å²) in [5.74, 6) is -0.102. The summed E-state index contributed by atoms with van der Waals surface area (Å²) >= 11 is 6.68. The number of hydrogen-bond acceptors (Lipinski definition) is 4. The summed E-state index contributed by atoms with van der Waals surface area (Å²) in [6.45, 7) is 9.11. The lowest BCUT2D eigenvalue weighted by Crippen LogP contribution is -2.44. The molecule has 0 aromatic heterocycles. The van der Waals surface area contributed by atoms with Gasteiger partial charge >= 0.3 is 5.97 Å². The van der Waals surface area contributed by atoms with Crippen LogP contribution in [0.4, 0.5) is 0 Å². The van der Waals surface area contributed by atoms with Crippen molar-refractivity contribution in [2.45, 2.75) is 65.6 Å². The van der Waals surface area contributed by atoms with Gasteiger partial charge in [-0.1, -0.05) is 66.6 Å². The van der Waals surface area contributed by atoms with Gasteiger partial charge in [0.2, 0.25) is 0 Å². The Morgan fingerprint density at radius 3 is 2.58 bits per heavy atom. The number of nitrogens with one attached hydrogen (secondary N) is 1. The second-order valence-corrected chi connectivity index (χ2v) is 11.1. The van der Waals surface area contributed by atoms with Crippen molar-refractivity contribution in [2.24, 2.45) is 0 Å². The molecule has 0 bridgehead atoms. The van der Waals surface area contributed by atoms with Gasteiger partial charge in [0.15, 0.2) is 0 Å². The third-order valence-corrected chi connectivity index (χ3v) is 8.31. The van der Waals surface area contributed by atoms with Crippen LogP contribution in [-0.4, -0.2) is 42.2 Å². The van der Waals surface area contributed by atoms with Gasteiger partial charge in [-0.05, 0) is 117 Å². The first kappa shape index (κ1) is 29.9. The summed E-state index contributed by atoms with van der Waals surface area (Å²) < 4.78 is 6.25. The monoisotopic (exact) mass is 560 g/mol. The highest BCUT2D eigenvalue weighted by molar-refractivity contribution is 6.32. The van der Waals surface area contributed by atoms with Crippen LogP contribution in [0.2, 0.25) is 5.02 Å². The first-order valence-electron chi connectivity index (χ1n) is 14.2. The largest absolute Gasteiger partial charge is 0.487 e. The fourth-order valence-corrected chi connectivity index (χ4v) is 5.75. The molecule has 6 heteroatoms. The van der Waals surface area contributed by atoms with Crippen LogP contribution in [0.15, 0.2) is 54.6 Å². The Hall–Kier alpha value is -3.12. The van der Waals surface area contributed by atoms with Gasteiger partial charge in [0.25, 0.3) is 0 Å². The molecular formula is C34H41ClN2O3. The Kier molecular flexibility index (Phi) is 10.4. The molecule has 1 aliphatic heterocycles. The van der Waals surface area contributed by atoms with Crippen LogP contribution in [0, 0.1) is 20.8 Å². The molecule has 1 heterocycles. The van der Waals surface area contributed by atoms with Crippen molar-refractivity contribution in [2.75, 3.05) is 20.1 Å². The van der Waals surface area contributed by atoms with E-state index in [1.54, 1.807) is 0 Å². The third kappa shape index (κ3) is 7.14. The normalized spacial score (nSPS) is 16.0. The molecule has 0 amide bonds. The van der Waals surface area contributed by atoms with Gasteiger partial charge in [0, 0.05) is 6.54 Å². The first-order valence-corrected chi connectivity index (χ1v) is 14.6. The second kappa shape index (κ2) is 14.0. The molecular weight excluding hydrogens is 520 g/mol. The molecule has 0 unspecified atom stereocenters. The quantitative estimate of drug-likeness (QED) is 0.237. The van der Waals surface area contributed by atoms with E-state index >= 15 is 0 Å². The molecule has 0 saturated carbocycles. The van der Waals surface area contributed by atoms with Crippen molar-refractivity contribution in [3.05, 3.63) is 93.0 Å². The summed E-state index contributed by atoms with van der Waals surface area (Å²) in [6.07, 6.45) is 8.09. The molecule has 0 spiro atoms. The van der Waals surface area contributed by atoms with Gasteiger partial charge in [0.1, 0.15) is 18.4 Å². The molecule has 1 saturated heterocycles. The predicted molar refractivity (Wildman–Crippen MR) is 165 cm³/mol. The number of nitrogens with zero attached hydrogens (tertiary/aromatic N) is 1. The van der Waals surface area contributed by atoms with Gasteiger partial charge < -0.3 is 15.2 Å². The summed E-state index contributed by atoms with van der Waals surface area (Å²) in [4.78, 5) is 13.8. The molecule has 3 aromatic rings. The number of likely N-dealkylation sites (tertiary alicyclic amines) is 1. The van der Waals surface area contributed by atoms with Crippen LogP contribution in [-0.2, 0) is 17.9 Å². The van der Waals surface area contributed by atoms with E-state index in [4.69, 9.17) is 16.3 Å². The zero-order chi connectivity index (χ0) is 28.6. The number of carbonyl (C=O) groups is 1. The first-order chi connectivity index (χ1) is 19.3. The fraction of sp³-hybridized carbons (Fsp3) is 0.382. The number of aryl methyl sites for hydroxylation is 1. The lowest BCUT2D eigenvalue weighted by molar-refractivity contribution is -0.144. The topological polar surface area (TPSA) is 61.8 Å². The number of hydrogen-bond donors (Lipinski definition) is 2. The Morgan fingerprint density at radius 1 is 1.07 bits per heavy atom. The number of carboxylic acids is 1. The molecule has 0 aliphatic carbocycles. The summed E-state index contributed by atoms with van der Waals surface area (Å²) in [6, 6.07) is 16.3. The second-order valence-electron chi connectivity index (χ2n) is 10.7. The molecule has 4 rings (SSSR count). The number of piperidine rings is 1. The minimum absolute atomic E-state index is 0.411. The molecule has 40 heavy (non-hydrogen) atoms. The van der Waals surface area contributed by atoms with Crippen LogP contribution in [0.1, 0.15) is 59.1 Å². The van der Waals surface area contributed by atoms with Crippen LogP contribution in [0.3, 0.4) is 0 Å². The van der Waals surface area contributed by atoms with E-state index in [1.807, 2.05) is 26.1 Å². The van der Waals surface area contributed by atoms with Crippen LogP contribution in [0.5, 0.6) is 5.75 Å². The lowest BCUT2D eigenvalue weighted by Gasteiger charge is -2.33. The molecule has 2 N–H and O–H groups in total. The van der Waals surface area contributed by atoms with Gasteiger partial charge in [-0.25, -0.2) is 0 Å². The summed E-state index contributed by atoms with van der Waals surface area (Å²) in [5.41, 5.74) is 9.32. The molecule has 1 fully saturated rings. The van der Waals surface area contributed by atoms with E-state index in [2.05, 4.69) is 72.6 Å². The van der Waals surface area contributed by atoms with E-state index in [9.17, 15) is 9.90 Å². The Bertz CT molecular complexity index is 1370. The summed E-state index contributed by atoms with van der Waals surface area (Å²) in [5, 5.41) is 13.4. The maximum atomic E-state index is 11.7. The van der Waals surface area contributed by atoms with E-state index in [0.717, 1.165) is 49.0 Å². The van der Waals surface area contributed by atoms with Crippen molar-refractivity contribution in [1.82, 2.24) is 10.2 Å². The van der Waals surface area contributed by atoms with Crippen molar-refractivity contribution < 1.29 is 14.6 Å². The Labute approximate surface area is 243 Å². The van der Waals surface area contributed by atoms with Gasteiger partial charge in [0.05, 0.1) is 5.02 Å². The van der Waals surface area contributed by atoms with Gasteiger partial charge in [-0.15, -0.1) is 0 Å². The van der Waals surface area contributed by atoms with E-state index in [0.29, 0.717) is 30.3 Å². The van der Waals surface area contributed by atoms with Crippen LogP contribution < -0.4 is 10.1 Å². The molecule has 3 aromatic carbocycles. The number of ether oxygens (including phenoxy) is 1. The van der Waals surface area contributed by atoms with Gasteiger partial charge in [-0.2, -0.15) is 0 Å². The third-order valence-electron chi connectivity index (χ3n) is 8.02. The standard InChI is InChI=1S/C34H41ClN2O3/c1-23-19-33(31(35)20-28(23)21-37-18-8-6-16-32(37)34(38)39)40-22-27-13-10-15-30(25(27)3)29-14-9-12-26(24(29)2)11-5-7-17-36-4/h5,9-15,19-20,32,36H,6-8,16-18,21-22H2,1-4H3,(H,38,39)/b11-5+/t32-/m0/s1. The van der Waals surface area contributed by atoms with Crippen molar-refractivity contribution in [1.29, 1.82) is 0 Å². The Morgan fingerprint density at radius 2 is 1.82 bits per heavy atom. The highest BCUT2D eigenvalue weighted by atomic mass is 35.5. The number of rotatable bonds is 11. The van der Waals surface area contributed by atoms with E-state index < -0.39 is 12.0 Å². The number of carboxylic acid groups (broad SMARTS) is 1. The molecule has 0 radical (unpaired) electrons. The number of aliphatic carboxylic acids is 1. The molecule has 1 atom stereocenters. The zero-order valence-corrected chi connectivity index (χ0v) is 24.9. The zero-order valence-electron chi connectivity index (χ0n) is 24.1.